The van der Waals surface area contributed by atoms with Crippen molar-refractivity contribution in [1.82, 2.24) is 0 Å². The maximum atomic E-state index is 6.65. The minimum absolute atomic E-state index is 0.0957. The van der Waals surface area contributed by atoms with E-state index in [1.165, 1.54) is 11.1 Å². The summed E-state index contributed by atoms with van der Waals surface area (Å²) in [4.78, 5) is 0. The summed E-state index contributed by atoms with van der Waals surface area (Å²) in [7, 11) is 0. The largest absolute Gasteiger partial charge is 0.492 e. The van der Waals surface area contributed by atoms with Crippen LogP contribution in [0.2, 0.25) is 0 Å². The molecular weight excluding hydrogens is 284 g/mol. The summed E-state index contributed by atoms with van der Waals surface area (Å²) in [6.45, 7) is 8.10. The Kier molecular flexibility index (Phi) is 4.20. The zero-order valence-corrected chi connectivity index (χ0v) is 14.0. The molecule has 0 aromatic heterocycles. The van der Waals surface area contributed by atoms with Gasteiger partial charge < -0.3 is 9.47 Å². The van der Waals surface area contributed by atoms with Gasteiger partial charge in [-0.05, 0) is 49.8 Å². The molecule has 21 heavy (non-hydrogen) atoms. The van der Waals surface area contributed by atoms with Gasteiger partial charge >= 0.3 is 0 Å². The van der Waals surface area contributed by atoms with E-state index in [0.717, 1.165) is 38.2 Å². The summed E-state index contributed by atoms with van der Waals surface area (Å²) in [6, 6.07) is 6.45. The van der Waals surface area contributed by atoms with Crippen molar-refractivity contribution in [2.24, 2.45) is 5.92 Å². The molecular formula is C18H25ClO2. The summed E-state index contributed by atoms with van der Waals surface area (Å²) in [5, 5.41) is 0.0966. The highest BCUT2D eigenvalue weighted by molar-refractivity contribution is 6.20. The molecule has 0 radical (unpaired) electrons. The topological polar surface area (TPSA) is 18.5 Å². The van der Waals surface area contributed by atoms with E-state index in [-0.39, 0.29) is 10.8 Å². The van der Waals surface area contributed by atoms with E-state index in [1.807, 2.05) is 0 Å². The van der Waals surface area contributed by atoms with E-state index >= 15 is 0 Å². The summed E-state index contributed by atoms with van der Waals surface area (Å²) < 4.78 is 11.4. The maximum absolute atomic E-state index is 6.65. The van der Waals surface area contributed by atoms with E-state index in [1.54, 1.807) is 0 Å². The molecule has 1 unspecified atom stereocenters. The molecule has 116 valence electrons. The highest BCUT2D eigenvalue weighted by Crippen LogP contribution is 2.43. The van der Waals surface area contributed by atoms with Gasteiger partial charge in [-0.25, -0.2) is 0 Å². The maximum Gasteiger partial charge on any atom is 0.123 e. The summed E-state index contributed by atoms with van der Waals surface area (Å²) >= 11 is 6.65. The molecule has 1 aromatic rings. The monoisotopic (exact) mass is 308 g/mol. The minimum atomic E-state index is 0.0957. The Labute approximate surface area is 132 Å². The van der Waals surface area contributed by atoms with Crippen LogP contribution in [0.15, 0.2) is 18.2 Å². The number of hydrogen-bond donors (Lipinski definition) is 0. The SMILES string of the molecule is CCOC1CC(CC(Cl)c2ccc3c(c2)C(C)(C)CO3)C1. The molecule has 0 spiro atoms. The van der Waals surface area contributed by atoms with Gasteiger partial charge in [-0.3, -0.25) is 0 Å². The number of halogens is 1. The first-order valence-corrected chi connectivity index (χ1v) is 8.46. The Morgan fingerprint density at radius 2 is 2.14 bits per heavy atom. The fraction of sp³-hybridized carbons (Fsp3) is 0.667. The number of hydrogen-bond acceptors (Lipinski definition) is 2. The second-order valence-corrected chi connectivity index (χ2v) is 7.57. The van der Waals surface area contributed by atoms with Gasteiger partial charge in [0.15, 0.2) is 0 Å². The van der Waals surface area contributed by atoms with Gasteiger partial charge in [0.05, 0.1) is 18.1 Å². The normalized spacial score (nSPS) is 27.6. The van der Waals surface area contributed by atoms with Crippen molar-refractivity contribution >= 4 is 11.6 Å². The van der Waals surface area contributed by atoms with Crippen molar-refractivity contribution in [3.63, 3.8) is 0 Å². The first kappa shape index (κ1) is 15.2. The summed E-state index contributed by atoms with van der Waals surface area (Å²) in [5.74, 6) is 1.73. The molecule has 2 nitrogen and oxygen atoms in total. The quantitative estimate of drug-likeness (QED) is 0.725. The van der Waals surface area contributed by atoms with Crippen molar-refractivity contribution in [1.29, 1.82) is 0 Å². The van der Waals surface area contributed by atoms with E-state index in [4.69, 9.17) is 21.1 Å². The van der Waals surface area contributed by atoms with Crippen LogP contribution in [-0.4, -0.2) is 19.3 Å². The molecule has 0 N–H and O–H groups in total. The van der Waals surface area contributed by atoms with Gasteiger partial charge in [-0.1, -0.05) is 19.9 Å². The molecule has 0 saturated heterocycles. The lowest BCUT2D eigenvalue weighted by Crippen LogP contribution is -2.31. The fourth-order valence-corrected chi connectivity index (χ4v) is 3.79. The minimum Gasteiger partial charge on any atom is -0.492 e. The smallest absolute Gasteiger partial charge is 0.123 e. The second-order valence-electron chi connectivity index (χ2n) is 7.05. The number of alkyl halides is 1. The molecule has 1 atom stereocenters. The highest BCUT2D eigenvalue weighted by Gasteiger charge is 2.34. The van der Waals surface area contributed by atoms with Crippen LogP contribution in [0.3, 0.4) is 0 Å². The Morgan fingerprint density at radius 1 is 1.38 bits per heavy atom. The first-order chi connectivity index (χ1) is 9.99. The molecule has 1 saturated carbocycles. The number of benzene rings is 1. The lowest BCUT2D eigenvalue weighted by molar-refractivity contribution is -0.0267. The molecule has 3 rings (SSSR count). The van der Waals surface area contributed by atoms with Crippen LogP contribution >= 0.6 is 11.6 Å². The molecule has 3 heteroatoms. The van der Waals surface area contributed by atoms with E-state index < -0.39 is 0 Å². The van der Waals surface area contributed by atoms with E-state index in [2.05, 4.69) is 39.0 Å². The molecule has 2 aliphatic rings. The molecule has 1 aromatic carbocycles. The average Bonchev–Trinajstić information content (AvgIpc) is 2.72. The van der Waals surface area contributed by atoms with Crippen LogP contribution in [-0.2, 0) is 10.2 Å². The average molecular weight is 309 g/mol. The molecule has 1 fully saturated rings. The number of ether oxygens (including phenoxy) is 2. The third-order valence-corrected chi connectivity index (χ3v) is 5.25. The third-order valence-electron chi connectivity index (χ3n) is 4.82. The van der Waals surface area contributed by atoms with Crippen LogP contribution in [0.25, 0.3) is 0 Å². The lowest BCUT2D eigenvalue weighted by atomic mass is 9.78. The van der Waals surface area contributed by atoms with Crippen LogP contribution in [0.1, 0.15) is 56.5 Å². The zero-order valence-electron chi connectivity index (χ0n) is 13.2. The van der Waals surface area contributed by atoms with Gasteiger partial charge in [0.2, 0.25) is 0 Å². The van der Waals surface area contributed by atoms with E-state index in [0.29, 0.717) is 12.0 Å². The third kappa shape index (κ3) is 3.07. The Bertz CT molecular complexity index is 506. The predicted molar refractivity (Wildman–Crippen MR) is 86.3 cm³/mol. The lowest BCUT2D eigenvalue weighted by Gasteiger charge is -2.36. The fourth-order valence-electron chi connectivity index (χ4n) is 3.40. The van der Waals surface area contributed by atoms with Crippen LogP contribution in [0.5, 0.6) is 5.75 Å². The molecule has 0 bridgehead atoms. The van der Waals surface area contributed by atoms with E-state index in [9.17, 15) is 0 Å². The van der Waals surface area contributed by atoms with Gasteiger partial charge in [-0.2, -0.15) is 0 Å². The standard InChI is InChI=1S/C18H25ClO2/c1-4-20-14-7-12(8-14)9-16(19)13-5-6-17-15(10-13)18(2,3)11-21-17/h5-6,10,12,14,16H,4,7-9,11H2,1-3H3. The number of fused-ring (bicyclic) bond motifs is 1. The molecule has 1 aliphatic heterocycles. The molecule has 1 aliphatic carbocycles. The first-order valence-electron chi connectivity index (χ1n) is 8.02. The van der Waals surface area contributed by atoms with Crippen molar-refractivity contribution in [3.05, 3.63) is 29.3 Å². The predicted octanol–water partition coefficient (Wildman–Crippen LogP) is 4.84. The Hall–Kier alpha value is -0.730. The van der Waals surface area contributed by atoms with Crippen molar-refractivity contribution < 1.29 is 9.47 Å². The second kappa shape index (κ2) is 5.81. The van der Waals surface area contributed by atoms with Crippen molar-refractivity contribution in [2.75, 3.05) is 13.2 Å². The molecule has 1 heterocycles. The van der Waals surface area contributed by atoms with Crippen LogP contribution in [0, 0.1) is 5.92 Å². The summed E-state index contributed by atoms with van der Waals surface area (Å²) in [5.41, 5.74) is 2.62. The van der Waals surface area contributed by atoms with Crippen molar-refractivity contribution in [2.45, 2.75) is 56.9 Å². The van der Waals surface area contributed by atoms with Gasteiger partial charge in [-0.15, -0.1) is 11.6 Å². The number of rotatable bonds is 5. The van der Waals surface area contributed by atoms with Gasteiger partial charge in [0, 0.05) is 17.6 Å². The molecule has 0 amide bonds. The van der Waals surface area contributed by atoms with Crippen LogP contribution in [0.4, 0.5) is 0 Å². The summed E-state index contributed by atoms with van der Waals surface area (Å²) in [6.07, 6.45) is 3.84. The van der Waals surface area contributed by atoms with Crippen molar-refractivity contribution in [3.8, 4) is 5.75 Å². The Balaban J connectivity index is 1.63. The van der Waals surface area contributed by atoms with Gasteiger partial charge in [0.1, 0.15) is 5.75 Å². The zero-order chi connectivity index (χ0) is 15.0. The Morgan fingerprint density at radius 3 is 2.86 bits per heavy atom. The highest BCUT2D eigenvalue weighted by atomic mass is 35.5. The van der Waals surface area contributed by atoms with Crippen LogP contribution < -0.4 is 4.74 Å². The van der Waals surface area contributed by atoms with Gasteiger partial charge in [0.25, 0.3) is 0 Å².